The molecule has 1 unspecified atom stereocenters. The lowest BCUT2D eigenvalue weighted by Gasteiger charge is -2.28. The van der Waals surface area contributed by atoms with Gasteiger partial charge in [-0.25, -0.2) is 4.98 Å². The van der Waals surface area contributed by atoms with Crippen molar-refractivity contribution in [2.24, 2.45) is 11.3 Å². The molecule has 0 amide bonds. The largest absolute Gasteiger partial charge is 0.327 e. The summed E-state index contributed by atoms with van der Waals surface area (Å²) in [6.45, 7) is 12.4. The molecular formula is C17H25ClN2. The first-order valence-electron chi connectivity index (χ1n) is 7.35. The zero-order valence-corrected chi connectivity index (χ0v) is 14.0. The third-order valence-corrected chi connectivity index (χ3v) is 4.49. The first-order chi connectivity index (χ1) is 9.34. The Bertz CT molecular complexity index is 593. The second-order valence-electron chi connectivity index (χ2n) is 6.79. The van der Waals surface area contributed by atoms with Crippen molar-refractivity contribution in [1.82, 2.24) is 9.55 Å². The van der Waals surface area contributed by atoms with Crippen molar-refractivity contribution in [2.75, 3.05) is 5.88 Å². The molecule has 110 valence electrons. The Labute approximate surface area is 127 Å². The highest BCUT2D eigenvalue weighted by Crippen LogP contribution is 2.29. The summed E-state index contributed by atoms with van der Waals surface area (Å²) >= 11 is 5.95. The van der Waals surface area contributed by atoms with Crippen LogP contribution in [0.5, 0.6) is 0 Å². The van der Waals surface area contributed by atoms with Crippen molar-refractivity contribution >= 4 is 22.6 Å². The van der Waals surface area contributed by atoms with E-state index in [1.54, 1.807) is 0 Å². The lowest BCUT2D eigenvalue weighted by atomic mass is 9.82. The van der Waals surface area contributed by atoms with Crippen molar-refractivity contribution in [3.63, 3.8) is 0 Å². The quantitative estimate of drug-likeness (QED) is 0.740. The molecule has 0 radical (unpaired) electrons. The van der Waals surface area contributed by atoms with Crippen molar-refractivity contribution < 1.29 is 0 Å². The van der Waals surface area contributed by atoms with Gasteiger partial charge in [-0.1, -0.05) is 39.8 Å². The Morgan fingerprint density at radius 1 is 1.30 bits per heavy atom. The van der Waals surface area contributed by atoms with E-state index in [2.05, 4.69) is 57.4 Å². The summed E-state index contributed by atoms with van der Waals surface area (Å²) in [5.41, 5.74) is 3.93. The number of alkyl halides is 1. The van der Waals surface area contributed by atoms with Gasteiger partial charge >= 0.3 is 0 Å². The van der Waals surface area contributed by atoms with Gasteiger partial charge in [0, 0.05) is 18.8 Å². The van der Waals surface area contributed by atoms with Gasteiger partial charge in [0.15, 0.2) is 0 Å². The van der Waals surface area contributed by atoms with E-state index in [1.165, 1.54) is 11.1 Å². The van der Waals surface area contributed by atoms with E-state index in [0.717, 1.165) is 24.3 Å². The third-order valence-electron chi connectivity index (χ3n) is 4.30. The molecule has 2 nitrogen and oxygen atoms in total. The smallest absolute Gasteiger partial charge is 0.111 e. The Morgan fingerprint density at radius 2 is 2.00 bits per heavy atom. The Morgan fingerprint density at radius 3 is 2.60 bits per heavy atom. The molecule has 0 spiro atoms. The van der Waals surface area contributed by atoms with Crippen LogP contribution in [0.1, 0.15) is 39.1 Å². The van der Waals surface area contributed by atoms with Gasteiger partial charge in [0.2, 0.25) is 0 Å². The van der Waals surface area contributed by atoms with Crippen LogP contribution in [0.2, 0.25) is 0 Å². The molecule has 3 heteroatoms. The van der Waals surface area contributed by atoms with Gasteiger partial charge in [0.1, 0.15) is 5.82 Å². The first-order valence-corrected chi connectivity index (χ1v) is 7.88. The highest BCUT2D eigenvalue weighted by molar-refractivity contribution is 6.17. The molecule has 2 aromatic rings. The maximum Gasteiger partial charge on any atom is 0.111 e. The van der Waals surface area contributed by atoms with E-state index in [9.17, 15) is 0 Å². The first kappa shape index (κ1) is 15.4. The predicted octanol–water partition coefficient (Wildman–Crippen LogP) is 4.81. The molecule has 0 fully saturated rings. The van der Waals surface area contributed by atoms with Gasteiger partial charge in [-0.3, -0.25) is 0 Å². The van der Waals surface area contributed by atoms with E-state index in [-0.39, 0.29) is 5.41 Å². The molecule has 20 heavy (non-hydrogen) atoms. The summed E-state index contributed by atoms with van der Waals surface area (Å²) in [4.78, 5) is 4.78. The van der Waals surface area contributed by atoms with Gasteiger partial charge in [-0.2, -0.15) is 0 Å². The minimum absolute atomic E-state index is 0.289. The fourth-order valence-electron chi connectivity index (χ4n) is 2.43. The lowest BCUT2D eigenvalue weighted by Crippen LogP contribution is -2.23. The molecule has 0 N–H and O–H groups in total. The van der Waals surface area contributed by atoms with Crippen molar-refractivity contribution in [3.8, 4) is 0 Å². The number of imidazole rings is 1. The number of fused-ring (bicyclic) bond motifs is 1. The maximum absolute atomic E-state index is 5.95. The Balaban J connectivity index is 2.51. The van der Waals surface area contributed by atoms with Crippen molar-refractivity contribution in [3.05, 3.63) is 29.6 Å². The highest BCUT2D eigenvalue weighted by Gasteiger charge is 2.23. The molecule has 1 aromatic heterocycles. The van der Waals surface area contributed by atoms with Crippen LogP contribution in [-0.4, -0.2) is 15.4 Å². The van der Waals surface area contributed by atoms with E-state index in [4.69, 9.17) is 16.6 Å². The van der Waals surface area contributed by atoms with Gasteiger partial charge in [-0.15, -0.1) is 11.6 Å². The van der Waals surface area contributed by atoms with Crippen LogP contribution in [0, 0.1) is 18.3 Å². The fourth-order valence-corrected chi connectivity index (χ4v) is 2.60. The number of halogens is 1. The van der Waals surface area contributed by atoms with Crippen LogP contribution in [0.4, 0.5) is 0 Å². The van der Waals surface area contributed by atoms with Crippen LogP contribution >= 0.6 is 11.6 Å². The van der Waals surface area contributed by atoms with E-state index < -0.39 is 0 Å². The number of para-hydroxylation sites is 1. The molecule has 0 aliphatic rings. The summed E-state index contributed by atoms with van der Waals surface area (Å²) < 4.78 is 2.38. The second kappa shape index (κ2) is 5.77. The monoisotopic (exact) mass is 292 g/mol. The van der Waals surface area contributed by atoms with Crippen molar-refractivity contribution in [2.45, 2.75) is 47.6 Å². The molecule has 1 aromatic carbocycles. The third kappa shape index (κ3) is 3.01. The molecule has 0 aliphatic heterocycles. The molecule has 0 aliphatic carbocycles. The minimum Gasteiger partial charge on any atom is -0.327 e. The van der Waals surface area contributed by atoms with E-state index in [1.807, 2.05) is 0 Å². The molecular weight excluding hydrogens is 268 g/mol. The number of aryl methyl sites for hydroxylation is 2. The number of hydrogen-bond acceptors (Lipinski definition) is 1. The van der Waals surface area contributed by atoms with Crippen LogP contribution in [-0.2, 0) is 13.0 Å². The topological polar surface area (TPSA) is 17.8 Å². The van der Waals surface area contributed by atoms with E-state index >= 15 is 0 Å². The maximum atomic E-state index is 5.95. The standard InChI is InChI=1S/C17H25ClN2/c1-12-7-6-8-14-16(12)20(15(19-14)9-10-18)11-13(2)17(3,4)5/h6-8,13H,9-11H2,1-5H3. The van der Waals surface area contributed by atoms with Gasteiger partial charge in [-0.05, 0) is 29.9 Å². The number of hydrogen-bond donors (Lipinski definition) is 0. The molecule has 1 heterocycles. The number of nitrogens with zero attached hydrogens (tertiary/aromatic N) is 2. The second-order valence-corrected chi connectivity index (χ2v) is 7.17. The van der Waals surface area contributed by atoms with Crippen LogP contribution in [0.25, 0.3) is 11.0 Å². The summed E-state index contributed by atoms with van der Waals surface area (Å²) in [6, 6.07) is 6.33. The number of rotatable bonds is 4. The molecule has 0 bridgehead atoms. The molecule has 0 saturated carbocycles. The summed E-state index contributed by atoms with van der Waals surface area (Å²) in [5.74, 6) is 2.31. The van der Waals surface area contributed by atoms with Crippen molar-refractivity contribution in [1.29, 1.82) is 0 Å². The Kier molecular flexibility index (Phi) is 4.43. The average molecular weight is 293 g/mol. The van der Waals surface area contributed by atoms with Crippen LogP contribution in [0.3, 0.4) is 0 Å². The zero-order valence-electron chi connectivity index (χ0n) is 13.2. The predicted molar refractivity (Wildman–Crippen MR) is 87.5 cm³/mol. The van der Waals surface area contributed by atoms with Gasteiger partial charge in [0.05, 0.1) is 11.0 Å². The van der Waals surface area contributed by atoms with Crippen LogP contribution in [0.15, 0.2) is 18.2 Å². The SMILES string of the molecule is Cc1cccc2nc(CCCl)n(CC(C)C(C)(C)C)c12. The van der Waals surface area contributed by atoms with E-state index in [0.29, 0.717) is 11.8 Å². The number of aromatic nitrogens is 2. The van der Waals surface area contributed by atoms with Crippen LogP contribution < -0.4 is 0 Å². The lowest BCUT2D eigenvalue weighted by molar-refractivity contribution is 0.233. The average Bonchev–Trinajstić information content (AvgIpc) is 2.68. The molecule has 2 rings (SSSR count). The summed E-state index contributed by atoms with van der Waals surface area (Å²) in [6.07, 6.45) is 0.826. The zero-order chi connectivity index (χ0) is 14.9. The number of benzene rings is 1. The van der Waals surface area contributed by atoms with Gasteiger partial charge < -0.3 is 4.57 Å². The Hall–Kier alpha value is -1.02. The molecule has 1 atom stereocenters. The molecule has 0 saturated heterocycles. The fraction of sp³-hybridized carbons (Fsp3) is 0.588. The highest BCUT2D eigenvalue weighted by atomic mass is 35.5. The minimum atomic E-state index is 0.289. The normalized spacial score (nSPS) is 13.9. The summed E-state index contributed by atoms with van der Waals surface area (Å²) in [7, 11) is 0. The summed E-state index contributed by atoms with van der Waals surface area (Å²) in [5, 5.41) is 0. The van der Waals surface area contributed by atoms with Gasteiger partial charge in [0.25, 0.3) is 0 Å².